The summed E-state index contributed by atoms with van der Waals surface area (Å²) >= 11 is 1.57. The molecule has 1 atom stereocenters. The average molecular weight is 302 g/mol. The first kappa shape index (κ1) is 13.7. The van der Waals surface area contributed by atoms with Crippen molar-refractivity contribution in [2.45, 2.75) is 6.04 Å². The molecule has 0 bridgehead atoms. The molecule has 1 unspecified atom stereocenters. The molecule has 2 heterocycles. The van der Waals surface area contributed by atoms with Crippen LogP contribution in [0.1, 0.15) is 0 Å². The summed E-state index contributed by atoms with van der Waals surface area (Å²) in [4.78, 5) is 27.3. The van der Waals surface area contributed by atoms with Crippen LogP contribution < -0.4 is 16.0 Å². The van der Waals surface area contributed by atoms with E-state index in [0.717, 1.165) is 16.3 Å². The number of thiazole rings is 1. The van der Waals surface area contributed by atoms with Gasteiger partial charge in [-0.05, 0) is 24.3 Å². The number of nitrogens with zero attached hydrogens (tertiary/aromatic N) is 1. The highest BCUT2D eigenvalue weighted by Crippen LogP contribution is 2.23. The van der Waals surface area contributed by atoms with E-state index in [1.54, 1.807) is 17.5 Å². The fourth-order valence-corrected chi connectivity index (χ4v) is 2.69. The number of nitrogens with one attached hydrogen (secondary N) is 3. The molecule has 1 aromatic carbocycles. The Hall–Kier alpha value is -2.25. The lowest BCUT2D eigenvalue weighted by molar-refractivity contribution is -0.124. The van der Waals surface area contributed by atoms with Crippen LogP contribution >= 0.6 is 11.3 Å². The third-order valence-electron chi connectivity index (χ3n) is 3.16. The molecule has 1 aliphatic heterocycles. The molecular weight excluding hydrogens is 288 g/mol. The number of hydrogen-bond acceptors (Lipinski definition) is 5. The van der Waals surface area contributed by atoms with Gasteiger partial charge in [-0.25, -0.2) is 4.98 Å². The summed E-state index contributed by atoms with van der Waals surface area (Å²) in [6, 6.07) is 7.13. The van der Waals surface area contributed by atoms with Crippen molar-refractivity contribution in [2.24, 2.45) is 0 Å². The lowest BCUT2D eigenvalue weighted by Crippen LogP contribution is -2.56. The summed E-state index contributed by atoms with van der Waals surface area (Å²) in [6.07, 6.45) is 1.76. The quantitative estimate of drug-likeness (QED) is 0.784. The molecule has 6 nitrogen and oxygen atoms in total. The van der Waals surface area contributed by atoms with Crippen LogP contribution in [0.2, 0.25) is 0 Å². The molecule has 2 aromatic rings. The van der Waals surface area contributed by atoms with Crippen molar-refractivity contribution in [3.63, 3.8) is 0 Å². The molecule has 0 spiro atoms. The maximum Gasteiger partial charge on any atom is 0.243 e. The van der Waals surface area contributed by atoms with E-state index in [-0.39, 0.29) is 18.4 Å². The van der Waals surface area contributed by atoms with Crippen LogP contribution in [-0.4, -0.2) is 35.9 Å². The molecule has 7 heteroatoms. The van der Waals surface area contributed by atoms with Crippen molar-refractivity contribution in [1.82, 2.24) is 15.6 Å². The SMILES string of the molecule is O=C1CNC(C(=O)Nc2ccc(-c3nccs3)cc2)CN1. The summed E-state index contributed by atoms with van der Waals surface area (Å²) in [7, 11) is 0. The van der Waals surface area contributed by atoms with E-state index in [9.17, 15) is 9.59 Å². The number of amides is 2. The molecule has 2 amide bonds. The Labute approximate surface area is 125 Å². The van der Waals surface area contributed by atoms with Crippen molar-refractivity contribution in [3.05, 3.63) is 35.8 Å². The fraction of sp³-hybridized carbons (Fsp3) is 0.214. The Bertz CT molecular complexity index is 630. The fourth-order valence-electron chi connectivity index (χ4n) is 2.04. The molecule has 1 fully saturated rings. The number of rotatable bonds is 3. The second kappa shape index (κ2) is 6.02. The van der Waals surface area contributed by atoms with Crippen LogP contribution in [0.5, 0.6) is 0 Å². The van der Waals surface area contributed by atoms with Crippen LogP contribution in [0.25, 0.3) is 10.6 Å². The molecule has 0 radical (unpaired) electrons. The van der Waals surface area contributed by atoms with E-state index >= 15 is 0 Å². The highest BCUT2D eigenvalue weighted by atomic mass is 32.1. The molecule has 0 saturated carbocycles. The first-order valence-electron chi connectivity index (χ1n) is 6.53. The molecule has 1 saturated heterocycles. The van der Waals surface area contributed by atoms with Gasteiger partial charge in [0.25, 0.3) is 0 Å². The number of aromatic nitrogens is 1. The van der Waals surface area contributed by atoms with E-state index in [1.165, 1.54) is 0 Å². The second-order valence-electron chi connectivity index (χ2n) is 4.64. The lowest BCUT2D eigenvalue weighted by Gasteiger charge is -2.23. The van der Waals surface area contributed by atoms with E-state index < -0.39 is 6.04 Å². The summed E-state index contributed by atoms with van der Waals surface area (Å²) in [5.74, 6) is -0.246. The minimum Gasteiger partial charge on any atom is -0.353 e. The van der Waals surface area contributed by atoms with Gasteiger partial charge in [-0.3, -0.25) is 14.9 Å². The minimum atomic E-state index is -0.402. The normalized spacial score (nSPS) is 18.1. The smallest absolute Gasteiger partial charge is 0.243 e. The van der Waals surface area contributed by atoms with E-state index in [0.29, 0.717) is 6.54 Å². The Morgan fingerprint density at radius 3 is 2.76 bits per heavy atom. The van der Waals surface area contributed by atoms with Gasteiger partial charge < -0.3 is 10.6 Å². The van der Waals surface area contributed by atoms with Crippen molar-refractivity contribution in [2.75, 3.05) is 18.4 Å². The van der Waals surface area contributed by atoms with Crippen LogP contribution in [0.3, 0.4) is 0 Å². The first-order valence-corrected chi connectivity index (χ1v) is 7.41. The van der Waals surface area contributed by atoms with Crippen LogP contribution in [0.15, 0.2) is 35.8 Å². The Balaban J connectivity index is 1.62. The molecule has 3 rings (SSSR count). The molecule has 108 valence electrons. The summed E-state index contributed by atoms with van der Waals surface area (Å²) in [6.45, 7) is 0.475. The zero-order chi connectivity index (χ0) is 14.7. The third-order valence-corrected chi connectivity index (χ3v) is 3.98. The maximum absolute atomic E-state index is 12.1. The molecular formula is C14H14N4O2S. The highest BCUT2D eigenvalue weighted by molar-refractivity contribution is 7.13. The summed E-state index contributed by atoms with van der Waals surface area (Å²) in [5, 5.41) is 11.3. The van der Waals surface area contributed by atoms with Crippen LogP contribution in [0.4, 0.5) is 5.69 Å². The van der Waals surface area contributed by atoms with Crippen molar-refractivity contribution in [3.8, 4) is 10.6 Å². The van der Waals surface area contributed by atoms with Gasteiger partial charge in [0.2, 0.25) is 11.8 Å². The number of hydrogen-bond donors (Lipinski definition) is 3. The average Bonchev–Trinajstić information content (AvgIpc) is 3.03. The minimum absolute atomic E-state index is 0.0909. The molecule has 21 heavy (non-hydrogen) atoms. The van der Waals surface area contributed by atoms with Crippen LogP contribution in [-0.2, 0) is 9.59 Å². The van der Waals surface area contributed by atoms with Crippen LogP contribution in [0, 0.1) is 0 Å². The zero-order valence-corrected chi connectivity index (χ0v) is 11.9. The number of piperazine rings is 1. The number of benzene rings is 1. The largest absolute Gasteiger partial charge is 0.353 e. The standard InChI is InChI=1S/C14H14N4O2S/c19-12-8-16-11(7-17-12)13(20)18-10-3-1-9(2-4-10)14-15-5-6-21-14/h1-6,11,16H,7-8H2,(H,17,19)(H,18,20). The van der Waals surface area contributed by atoms with Gasteiger partial charge in [-0.2, -0.15) is 0 Å². The highest BCUT2D eigenvalue weighted by Gasteiger charge is 2.23. The Morgan fingerprint density at radius 2 is 2.14 bits per heavy atom. The van der Waals surface area contributed by atoms with Gasteiger partial charge in [0, 0.05) is 29.4 Å². The predicted octanol–water partition coefficient (Wildman–Crippen LogP) is 0.837. The van der Waals surface area contributed by atoms with Gasteiger partial charge in [0.15, 0.2) is 0 Å². The molecule has 3 N–H and O–H groups in total. The Morgan fingerprint density at radius 1 is 1.33 bits per heavy atom. The van der Waals surface area contributed by atoms with Gasteiger partial charge >= 0.3 is 0 Å². The topological polar surface area (TPSA) is 83.1 Å². The maximum atomic E-state index is 12.1. The van der Waals surface area contributed by atoms with E-state index in [4.69, 9.17) is 0 Å². The van der Waals surface area contributed by atoms with Gasteiger partial charge in [0.1, 0.15) is 11.0 Å². The molecule has 1 aromatic heterocycles. The lowest BCUT2D eigenvalue weighted by atomic mass is 10.2. The van der Waals surface area contributed by atoms with E-state index in [2.05, 4.69) is 20.9 Å². The first-order chi connectivity index (χ1) is 10.2. The summed E-state index contributed by atoms with van der Waals surface area (Å²) < 4.78 is 0. The van der Waals surface area contributed by atoms with Crippen molar-refractivity contribution >= 4 is 28.8 Å². The zero-order valence-electron chi connectivity index (χ0n) is 11.1. The number of anilines is 1. The monoisotopic (exact) mass is 302 g/mol. The van der Waals surface area contributed by atoms with Crippen molar-refractivity contribution < 1.29 is 9.59 Å². The van der Waals surface area contributed by atoms with E-state index in [1.807, 2.05) is 29.6 Å². The Kier molecular flexibility index (Phi) is 3.94. The predicted molar refractivity (Wildman–Crippen MR) is 81.0 cm³/mol. The van der Waals surface area contributed by atoms with Gasteiger partial charge in [0.05, 0.1) is 6.54 Å². The molecule has 1 aliphatic rings. The number of carbonyl (C=O) groups is 2. The third kappa shape index (κ3) is 3.26. The molecule has 0 aliphatic carbocycles. The van der Waals surface area contributed by atoms with Gasteiger partial charge in [-0.1, -0.05) is 0 Å². The van der Waals surface area contributed by atoms with Crippen molar-refractivity contribution in [1.29, 1.82) is 0 Å². The second-order valence-corrected chi connectivity index (χ2v) is 5.54. The number of carbonyl (C=O) groups excluding carboxylic acids is 2. The summed E-state index contributed by atoms with van der Waals surface area (Å²) in [5.41, 5.74) is 1.74. The van der Waals surface area contributed by atoms with Gasteiger partial charge in [-0.15, -0.1) is 11.3 Å².